The van der Waals surface area contributed by atoms with Crippen LogP contribution in [0.3, 0.4) is 0 Å². The van der Waals surface area contributed by atoms with E-state index in [2.05, 4.69) is 4.98 Å². The standard InChI is InChI=1S/C21H25N3O4S/c25-19(14-7-3-1-4-8-14)23-18-12-11-16(24(27)28)13-17(18)22-21(23)29-20(26)15-9-5-2-6-10-15/h11-15H,1-10H2. The van der Waals surface area contributed by atoms with Gasteiger partial charge in [0.15, 0.2) is 10.3 Å². The van der Waals surface area contributed by atoms with Crippen LogP contribution >= 0.6 is 11.8 Å². The topological polar surface area (TPSA) is 95.1 Å². The number of nitro groups is 1. The van der Waals surface area contributed by atoms with Crippen LogP contribution in [0.15, 0.2) is 23.4 Å². The molecular weight excluding hydrogens is 390 g/mol. The van der Waals surface area contributed by atoms with Gasteiger partial charge in [0, 0.05) is 24.0 Å². The zero-order valence-corrected chi connectivity index (χ0v) is 17.2. The Labute approximate surface area is 173 Å². The fourth-order valence-corrected chi connectivity index (χ4v) is 5.49. The zero-order chi connectivity index (χ0) is 20.4. The van der Waals surface area contributed by atoms with Crippen molar-refractivity contribution < 1.29 is 14.5 Å². The molecule has 0 spiro atoms. The summed E-state index contributed by atoms with van der Waals surface area (Å²) in [6.45, 7) is 0. The minimum Gasteiger partial charge on any atom is -0.286 e. The highest BCUT2D eigenvalue weighted by Crippen LogP contribution is 2.35. The van der Waals surface area contributed by atoms with Crippen LogP contribution in [0.1, 0.15) is 69.0 Å². The average molecular weight is 416 g/mol. The Balaban J connectivity index is 1.71. The van der Waals surface area contributed by atoms with Crippen molar-refractivity contribution >= 4 is 39.5 Å². The van der Waals surface area contributed by atoms with Gasteiger partial charge in [0.25, 0.3) is 5.69 Å². The van der Waals surface area contributed by atoms with E-state index in [9.17, 15) is 19.7 Å². The van der Waals surface area contributed by atoms with E-state index in [1.807, 2.05) is 0 Å². The highest BCUT2D eigenvalue weighted by atomic mass is 32.2. The summed E-state index contributed by atoms with van der Waals surface area (Å²) in [5, 5.41) is 11.5. The van der Waals surface area contributed by atoms with Crippen molar-refractivity contribution in [2.75, 3.05) is 0 Å². The number of thioether (sulfide) groups is 1. The van der Waals surface area contributed by atoms with E-state index in [0.29, 0.717) is 16.2 Å². The third-order valence-electron chi connectivity index (χ3n) is 6.12. The second-order valence-electron chi connectivity index (χ2n) is 8.09. The van der Waals surface area contributed by atoms with Crippen molar-refractivity contribution in [1.29, 1.82) is 0 Å². The third kappa shape index (κ3) is 4.22. The van der Waals surface area contributed by atoms with Crippen LogP contribution in [0.25, 0.3) is 11.0 Å². The molecule has 4 rings (SSSR count). The highest BCUT2D eigenvalue weighted by molar-refractivity contribution is 8.13. The molecule has 2 fully saturated rings. The number of carbonyl (C=O) groups is 2. The lowest BCUT2D eigenvalue weighted by molar-refractivity contribution is -0.384. The normalized spacial score (nSPS) is 18.8. The van der Waals surface area contributed by atoms with Crippen LogP contribution in [-0.2, 0) is 4.79 Å². The molecule has 7 nitrogen and oxygen atoms in total. The van der Waals surface area contributed by atoms with E-state index in [1.54, 1.807) is 10.6 Å². The number of nitrogens with zero attached hydrogens (tertiary/aromatic N) is 3. The number of benzene rings is 1. The van der Waals surface area contributed by atoms with Crippen molar-refractivity contribution in [2.24, 2.45) is 11.8 Å². The van der Waals surface area contributed by atoms with E-state index in [0.717, 1.165) is 76.0 Å². The third-order valence-corrected chi connectivity index (χ3v) is 7.11. The molecule has 29 heavy (non-hydrogen) atoms. The summed E-state index contributed by atoms with van der Waals surface area (Å²) < 4.78 is 1.54. The lowest BCUT2D eigenvalue weighted by atomic mass is 9.88. The number of aromatic nitrogens is 2. The van der Waals surface area contributed by atoms with Crippen LogP contribution in [0.5, 0.6) is 0 Å². The van der Waals surface area contributed by atoms with Gasteiger partial charge >= 0.3 is 0 Å². The van der Waals surface area contributed by atoms with Crippen molar-refractivity contribution in [3.05, 3.63) is 28.3 Å². The number of hydrogen-bond acceptors (Lipinski definition) is 6. The molecule has 2 aliphatic rings. The molecule has 0 atom stereocenters. The zero-order valence-electron chi connectivity index (χ0n) is 16.3. The highest BCUT2D eigenvalue weighted by Gasteiger charge is 2.30. The molecular formula is C21H25N3O4S. The smallest absolute Gasteiger partial charge is 0.271 e. The number of nitro benzene ring substituents is 1. The van der Waals surface area contributed by atoms with Gasteiger partial charge in [-0.25, -0.2) is 4.98 Å². The summed E-state index contributed by atoms with van der Waals surface area (Å²) in [5.41, 5.74) is 0.870. The fourth-order valence-electron chi connectivity index (χ4n) is 4.49. The second kappa shape index (κ2) is 8.65. The van der Waals surface area contributed by atoms with Gasteiger partial charge in [0.2, 0.25) is 5.91 Å². The molecule has 0 saturated heterocycles. The average Bonchev–Trinajstić information content (AvgIpc) is 3.11. The maximum atomic E-state index is 13.3. The molecule has 0 unspecified atom stereocenters. The van der Waals surface area contributed by atoms with E-state index in [1.165, 1.54) is 12.1 Å². The molecule has 2 aliphatic carbocycles. The Morgan fingerprint density at radius 1 is 1.00 bits per heavy atom. The van der Waals surface area contributed by atoms with Gasteiger partial charge in [-0.05, 0) is 43.5 Å². The number of fused-ring (bicyclic) bond motifs is 1. The minimum absolute atomic E-state index is 0.00105. The molecule has 0 bridgehead atoms. The SMILES string of the molecule is O=C(Sc1nc2cc([N+](=O)[O-])ccc2n1C(=O)C1CCCCC1)C1CCCCC1. The van der Waals surface area contributed by atoms with E-state index in [4.69, 9.17) is 0 Å². The van der Waals surface area contributed by atoms with Crippen LogP contribution < -0.4 is 0 Å². The predicted molar refractivity (Wildman–Crippen MR) is 111 cm³/mol. The van der Waals surface area contributed by atoms with E-state index >= 15 is 0 Å². The van der Waals surface area contributed by atoms with Gasteiger partial charge in [0.05, 0.1) is 16.0 Å². The van der Waals surface area contributed by atoms with Gasteiger partial charge in [-0.3, -0.25) is 24.3 Å². The second-order valence-corrected chi connectivity index (χ2v) is 9.06. The Bertz CT molecular complexity index is 943. The van der Waals surface area contributed by atoms with Crippen LogP contribution in [-0.4, -0.2) is 25.5 Å². The lowest BCUT2D eigenvalue weighted by Gasteiger charge is -2.22. The van der Waals surface area contributed by atoms with Gasteiger partial charge in [-0.15, -0.1) is 0 Å². The first kappa shape index (κ1) is 20.1. The molecule has 0 N–H and O–H groups in total. The summed E-state index contributed by atoms with van der Waals surface area (Å²) in [5.74, 6) is -0.124. The molecule has 0 aliphatic heterocycles. The molecule has 2 aromatic rings. The summed E-state index contributed by atoms with van der Waals surface area (Å²) in [6.07, 6.45) is 9.91. The Kier molecular flexibility index (Phi) is 5.99. The number of carbonyl (C=O) groups excluding carboxylic acids is 2. The summed E-state index contributed by atoms with van der Waals surface area (Å²) in [6, 6.07) is 4.36. The first-order valence-corrected chi connectivity index (χ1v) is 11.3. The predicted octanol–water partition coefficient (Wildman–Crippen LogP) is 5.36. The van der Waals surface area contributed by atoms with Crippen molar-refractivity contribution in [3.8, 4) is 0 Å². The summed E-state index contributed by atoms with van der Waals surface area (Å²) in [7, 11) is 0. The largest absolute Gasteiger partial charge is 0.286 e. The van der Waals surface area contributed by atoms with Crippen molar-refractivity contribution in [2.45, 2.75) is 69.4 Å². The maximum Gasteiger partial charge on any atom is 0.271 e. The van der Waals surface area contributed by atoms with Gasteiger partial charge in [0.1, 0.15) is 0 Å². The number of imidazole rings is 1. The van der Waals surface area contributed by atoms with Crippen molar-refractivity contribution in [1.82, 2.24) is 9.55 Å². The van der Waals surface area contributed by atoms with Gasteiger partial charge in [-0.2, -0.15) is 0 Å². The Morgan fingerprint density at radius 2 is 1.62 bits per heavy atom. The minimum atomic E-state index is -0.471. The lowest BCUT2D eigenvalue weighted by Crippen LogP contribution is -2.25. The van der Waals surface area contributed by atoms with Crippen LogP contribution in [0.2, 0.25) is 0 Å². The first-order chi connectivity index (χ1) is 14.0. The number of rotatable bonds is 4. The molecule has 0 amide bonds. The van der Waals surface area contributed by atoms with Crippen LogP contribution in [0.4, 0.5) is 5.69 Å². The Hall–Kier alpha value is -2.22. The van der Waals surface area contributed by atoms with Crippen molar-refractivity contribution in [3.63, 3.8) is 0 Å². The maximum absolute atomic E-state index is 13.3. The van der Waals surface area contributed by atoms with Crippen LogP contribution in [0, 0.1) is 22.0 Å². The van der Waals surface area contributed by atoms with Gasteiger partial charge < -0.3 is 0 Å². The molecule has 0 radical (unpaired) electrons. The Morgan fingerprint density at radius 3 is 2.24 bits per heavy atom. The molecule has 8 heteroatoms. The molecule has 1 aromatic heterocycles. The number of non-ortho nitro benzene ring substituents is 1. The van der Waals surface area contributed by atoms with E-state index in [-0.39, 0.29) is 28.5 Å². The summed E-state index contributed by atoms with van der Waals surface area (Å²) >= 11 is 1.03. The monoisotopic (exact) mass is 415 g/mol. The molecule has 1 aromatic carbocycles. The number of hydrogen-bond donors (Lipinski definition) is 0. The van der Waals surface area contributed by atoms with E-state index < -0.39 is 4.92 Å². The quantitative estimate of drug-likeness (QED) is 0.379. The fraction of sp³-hybridized carbons (Fsp3) is 0.571. The summed E-state index contributed by atoms with van der Waals surface area (Å²) in [4.78, 5) is 41.4. The van der Waals surface area contributed by atoms with Gasteiger partial charge in [-0.1, -0.05) is 38.5 Å². The first-order valence-electron chi connectivity index (χ1n) is 10.5. The molecule has 154 valence electrons. The molecule has 1 heterocycles. The molecule has 2 saturated carbocycles.